The van der Waals surface area contributed by atoms with E-state index in [2.05, 4.69) is 10.3 Å². The molecule has 0 unspecified atom stereocenters. The largest absolute Gasteiger partial charge is 0.493 e. The van der Waals surface area contributed by atoms with E-state index in [9.17, 15) is 9.59 Å². The van der Waals surface area contributed by atoms with Crippen LogP contribution in [0.3, 0.4) is 0 Å². The van der Waals surface area contributed by atoms with E-state index in [-0.39, 0.29) is 18.1 Å². The highest BCUT2D eigenvalue weighted by Gasteiger charge is 2.39. The number of rotatable bonds is 8. The molecular weight excluding hydrogens is 422 g/mol. The van der Waals surface area contributed by atoms with E-state index >= 15 is 0 Å². The van der Waals surface area contributed by atoms with Crippen molar-refractivity contribution in [2.24, 2.45) is 0 Å². The Hall–Kier alpha value is -4.33. The molecule has 2 heterocycles. The quantitative estimate of drug-likeness (QED) is 0.531. The van der Waals surface area contributed by atoms with Crippen molar-refractivity contribution in [1.82, 2.24) is 9.88 Å². The molecule has 0 radical (unpaired) electrons. The Morgan fingerprint density at radius 3 is 2.15 bits per heavy atom. The number of ether oxygens (including phenoxy) is 3. The van der Waals surface area contributed by atoms with Gasteiger partial charge in [0, 0.05) is 30.2 Å². The number of methoxy groups -OCH3 is 3. The third-order valence-electron chi connectivity index (χ3n) is 5.23. The maximum atomic E-state index is 13.4. The zero-order valence-corrected chi connectivity index (χ0v) is 18.5. The van der Waals surface area contributed by atoms with Crippen LogP contribution >= 0.6 is 0 Å². The predicted octanol–water partition coefficient (Wildman–Crippen LogP) is 3.50. The van der Waals surface area contributed by atoms with Gasteiger partial charge in [0.25, 0.3) is 11.8 Å². The number of carbonyl (C=O) groups is 2. The molecular formula is C25H23N3O5. The first-order valence-corrected chi connectivity index (χ1v) is 10.2. The van der Waals surface area contributed by atoms with Crippen molar-refractivity contribution in [1.29, 1.82) is 0 Å². The van der Waals surface area contributed by atoms with Crippen LogP contribution in [0.1, 0.15) is 11.1 Å². The monoisotopic (exact) mass is 445 g/mol. The molecule has 0 atom stereocenters. The Kier molecular flexibility index (Phi) is 6.26. The molecule has 33 heavy (non-hydrogen) atoms. The van der Waals surface area contributed by atoms with Gasteiger partial charge in [-0.05, 0) is 17.2 Å². The molecule has 0 fully saturated rings. The van der Waals surface area contributed by atoms with Crippen molar-refractivity contribution < 1.29 is 23.8 Å². The number of aromatic nitrogens is 1. The molecule has 1 N–H and O–H groups in total. The van der Waals surface area contributed by atoms with Crippen LogP contribution in [-0.2, 0) is 16.1 Å². The average Bonchev–Trinajstić information content (AvgIpc) is 3.08. The molecule has 0 bridgehead atoms. The van der Waals surface area contributed by atoms with Crippen LogP contribution in [0.15, 0.2) is 72.7 Å². The molecule has 2 aromatic carbocycles. The Balaban J connectivity index is 1.77. The molecule has 0 aliphatic carbocycles. The van der Waals surface area contributed by atoms with Gasteiger partial charge in [-0.3, -0.25) is 19.5 Å². The molecule has 2 amide bonds. The molecule has 0 saturated heterocycles. The van der Waals surface area contributed by atoms with Crippen molar-refractivity contribution in [3.63, 3.8) is 0 Å². The number of hydrogen-bond acceptors (Lipinski definition) is 7. The minimum absolute atomic E-state index is 0.113. The van der Waals surface area contributed by atoms with E-state index in [1.165, 1.54) is 26.2 Å². The molecule has 1 aromatic heterocycles. The number of imide groups is 1. The van der Waals surface area contributed by atoms with Crippen LogP contribution in [0.4, 0.5) is 5.69 Å². The summed E-state index contributed by atoms with van der Waals surface area (Å²) in [6.07, 6.45) is 3.27. The topological polar surface area (TPSA) is 90.0 Å². The molecule has 0 spiro atoms. The zero-order valence-electron chi connectivity index (χ0n) is 18.5. The summed E-state index contributed by atoms with van der Waals surface area (Å²) in [7, 11) is 4.53. The molecule has 3 aromatic rings. The minimum Gasteiger partial charge on any atom is -0.493 e. The third-order valence-corrected chi connectivity index (χ3v) is 5.23. The van der Waals surface area contributed by atoms with E-state index in [1.807, 2.05) is 24.3 Å². The van der Waals surface area contributed by atoms with Crippen molar-refractivity contribution in [2.45, 2.75) is 6.54 Å². The second-order valence-electron chi connectivity index (χ2n) is 7.21. The number of benzene rings is 2. The lowest BCUT2D eigenvalue weighted by atomic mass is 10.0. The van der Waals surface area contributed by atoms with E-state index in [0.29, 0.717) is 34.1 Å². The first-order valence-electron chi connectivity index (χ1n) is 10.2. The van der Waals surface area contributed by atoms with Crippen LogP contribution in [0.2, 0.25) is 0 Å². The van der Waals surface area contributed by atoms with Crippen molar-refractivity contribution in [3.05, 3.63) is 83.8 Å². The van der Waals surface area contributed by atoms with E-state index in [1.54, 1.807) is 42.7 Å². The first kappa shape index (κ1) is 21.9. The summed E-state index contributed by atoms with van der Waals surface area (Å²) in [6.45, 7) is 0.113. The molecule has 1 aliphatic rings. The molecule has 8 nitrogen and oxygen atoms in total. The lowest BCUT2D eigenvalue weighted by Crippen LogP contribution is -2.32. The summed E-state index contributed by atoms with van der Waals surface area (Å²) in [4.78, 5) is 32.1. The molecule has 168 valence electrons. The fourth-order valence-corrected chi connectivity index (χ4v) is 3.68. The number of hydrogen-bond donors (Lipinski definition) is 1. The normalized spacial score (nSPS) is 13.4. The number of anilines is 1. The van der Waals surface area contributed by atoms with Gasteiger partial charge < -0.3 is 19.5 Å². The number of pyridine rings is 1. The van der Waals surface area contributed by atoms with Crippen LogP contribution in [0.5, 0.6) is 17.2 Å². The zero-order chi connectivity index (χ0) is 23.4. The van der Waals surface area contributed by atoms with E-state index in [4.69, 9.17) is 14.2 Å². The van der Waals surface area contributed by atoms with Crippen molar-refractivity contribution in [3.8, 4) is 17.2 Å². The Labute approximate surface area is 191 Å². The van der Waals surface area contributed by atoms with Gasteiger partial charge in [0.1, 0.15) is 5.70 Å². The fraction of sp³-hybridized carbons (Fsp3) is 0.160. The van der Waals surface area contributed by atoms with E-state index < -0.39 is 5.91 Å². The van der Waals surface area contributed by atoms with Gasteiger partial charge in [-0.2, -0.15) is 0 Å². The Morgan fingerprint density at radius 1 is 0.879 bits per heavy atom. The minimum atomic E-state index is -0.434. The smallest absolute Gasteiger partial charge is 0.278 e. The van der Waals surface area contributed by atoms with Gasteiger partial charge in [0.05, 0.1) is 33.4 Å². The van der Waals surface area contributed by atoms with Gasteiger partial charge in [-0.15, -0.1) is 0 Å². The first-order chi connectivity index (χ1) is 16.1. The summed E-state index contributed by atoms with van der Waals surface area (Å²) in [6, 6.07) is 16.0. The van der Waals surface area contributed by atoms with Gasteiger partial charge >= 0.3 is 0 Å². The van der Waals surface area contributed by atoms with Gasteiger partial charge in [0.2, 0.25) is 5.75 Å². The van der Waals surface area contributed by atoms with Crippen molar-refractivity contribution in [2.75, 3.05) is 26.6 Å². The van der Waals surface area contributed by atoms with Gasteiger partial charge in [0.15, 0.2) is 11.5 Å². The highest BCUT2D eigenvalue weighted by molar-refractivity contribution is 6.36. The molecule has 8 heteroatoms. The average molecular weight is 445 g/mol. The van der Waals surface area contributed by atoms with E-state index in [0.717, 1.165) is 5.56 Å². The Bertz CT molecular complexity index is 1180. The second-order valence-corrected chi connectivity index (χ2v) is 7.21. The second kappa shape index (κ2) is 9.44. The van der Waals surface area contributed by atoms with Crippen LogP contribution < -0.4 is 19.5 Å². The molecule has 4 rings (SSSR count). The lowest BCUT2D eigenvalue weighted by Gasteiger charge is -2.16. The summed E-state index contributed by atoms with van der Waals surface area (Å²) in [5.41, 5.74) is 2.36. The van der Waals surface area contributed by atoms with Crippen LogP contribution in [-0.4, -0.2) is 43.0 Å². The summed E-state index contributed by atoms with van der Waals surface area (Å²) in [5.74, 6) is 0.451. The van der Waals surface area contributed by atoms with Crippen molar-refractivity contribution >= 4 is 23.1 Å². The third kappa shape index (κ3) is 4.23. The summed E-state index contributed by atoms with van der Waals surface area (Å²) >= 11 is 0. The van der Waals surface area contributed by atoms with Crippen LogP contribution in [0.25, 0.3) is 5.57 Å². The van der Waals surface area contributed by atoms with Crippen LogP contribution in [0, 0.1) is 0 Å². The number of nitrogens with one attached hydrogen (secondary N) is 1. The SMILES string of the molecule is COc1cc(NC2=C(c3ccccc3)C(=O)N(Cc3cccnc3)C2=O)cc(OC)c1OC. The summed E-state index contributed by atoms with van der Waals surface area (Å²) in [5, 5.41) is 3.12. The number of carbonyl (C=O) groups excluding carboxylic acids is 2. The highest BCUT2D eigenvalue weighted by Crippen LogP contribution is 2.41. The maximum Gasteiger partial charge on any atom is 0.278 e. The predicted molar refractivity (Wildman–Crippen MR) is 123 cm³/mol. The summed E-state index contributed by atoms with van der Waals surface area (Å²) < 4.78 is 16.2. The molecule has 1 aliphatic heterocycles. The lowest BCUT2D eigenvalue weighted by molar-refractivity contribution is -0.137. The Morgan fingerprint density at radius 2 is 1.58 bits per heavy atom. The van der Waals surface area contributed by atoms with Gasteiger partial charge in [-0.25, -0.2) is 0 Å². The number of amides is 2. The number of nitrogens with zero attached hydrogens (tertiary/aromatic N) is 2. The van der Waals surface area contributed by atoms with Gasteiger partial charge in [-0.1, -0.05) is 36.4 Å². The standard InChI is InChI=1S/C25H23N3O5/c1-31-19-12-18(13-20(32-2)23(19)33-3)27-22-21(17-9-5-4-6-10-17)24(29)28(25(22)30)15-16-8-7-11-26-14-16/h4-14,27H,15H2,1-3H3. The highest BCUT2D eigenvalue weighted by atomic mass is 16.5. The fourth-order valence-electron chi connectivity index (χ4n) is 3.68. The maximum absolute atomic E-state index is 13.4. The molecule has 0 saturated carbocycles.